The lowest BCUT2D eigenvalue weighted by Gasteiger charge is -2.11. The van der Waals surface area contributed by atoms with Crippen LogP contribution in [0.4, 0.5) is 0 Å². The van der Waals surface area contributed by atoms with Gasteiger partial charge < -0.3 is 9.67 Å². The van der Waals surface area contributed by atoms with E-state index in [1.54, 1.807) is 28.8 Å². The summed E-state index contributed by atoms with van der Waals surface area (Å²) in [5.74, 6) is -1.27. The molecule has 1 aromatic heterocycles. The molecule has 1 fully saturated rings. The Bertz CT molecular complexity index is 987. The molecule has 158 valence electrons. The summed E-state index contributed by atoms with van der Waals surface area (Å²) in [7, 11) is 0. The molecule has 1 saturated carbocycles. The number of allylic oxidation sites excluding steroid dienone is 1. The number of carboxylic acid groups (broad SMARTS) is 1. The zero-order valence-corrected chi connectivity index (χ0v) is 17.0. The monoisotopic (exact) mass is 409 g/mol. The molecule has 2 aromatic rings. The fourth-order valence-electron chi connectivity index (χ4n) is 4.46. The quantitative estimate of drug-likeness (QED) is 0.341. The molecular weight excluding hydrogens is 382 g/mol. The molecule has 2 unspecified atom stereocenters. The van der Waals surface area contributed by atoms with E-state index in [1.807, 2.05) is 0 Å². The van der Waals surface area contributed by atoms with Gasteiger partial charge in [0.1, 0.15) is 0 Å². The summed E-state index contributed by atoms with van der Waals surface area (Å²) in [5, 5.41) is 9.59. The van der Waals surface area contributed by atoms with E-state index in [4.69, 9.17) is 5.11 Å². The van der Waals surface area contributed by atoms with Crippen molar-refractivity contribution >= 4 is 34.2 Å². The number of hydrogen-bond acceptors (Lipinski definition) is 4. The average Bonchev–Trinajstić information content (AvgIpc) is 3.34. The molecule has 0 bridgehead atoms. The van der Waals surface area contributed by atoms with E-state index in [9.17, 15) is 19.2 Å². The largest absolute Gasteiger partial charge is 0.475 e. The van der Waals surface area contributed by atoms with Crippen LogP contribution in [-0.4, -0.2) is 33.0 Å². The van der Waals surface area contributed by atoms with E-state index in [0.29, 0.717) is 35.6 Å². The highest BCUT2D eigenvalue weighted by molar-refractivity contribution is 6.42. The van der Waals surface area contributed by atoms with Gasteiger partial charge in [-0.2, -0.15) is 0 Å². The topological polar surface area (TPSA) is 93.4 Å². The summed E-state index contributed by atoms with van der Waals surface area (Å²) in [4.78, 5) is 47.1. The summed E-state index contributed by atoms with van der Waals surface area (Å²) in [6, 6.07) is 7.02. The molecule has 0 saturated heterocycles. The Morgan fingerprint density at radius 2 is 1.73 bits per heavy atom. The van der Waals surface area contributed by atoms with Crippen LogP contribution < -0.4 is 0 Å². The summed E-state index contributed by atoms with van der Waals surface area (Å²) in [5.41, 5.74) is 0.793. The van der Waals surface area contributed by atoms with Crippen LogP contribution >= 0.6 is 0 Å². The highest BCUT2D eigenvalue weighted by Crippen LogP contribution is 2.36. The number of ketones is 3. The van der Waals surface area contributed by atoms with E-state index in [2.05, 4.69) is 6.58 Å². The van der Waals surface area contributed by atoms with Crippen LogP contribution in [0.3, 0.4) is 0 Å². The van der Waals surface area contributed by atoms with Crippen molar-refractivity contribution < 1.29 is 24.3 Å². The molecule has 0 spiro atoms. The van der Waals surface area contributed by atoms with Gasteiger partial charge in [0.05, 0.1) is 12.1 Å². The van der Waals surface area contributed by atoms with Gasteiger partial charge in [-0.25, -0.2) is 4.79 Å². The van der Waals surface area contributed by atoms with Crippen LogP contribution in [-0.2, 0) is 20.9 Å². The number of para-hydroxylation sites is 1. The van der Waals surface area contributed by atoms with E-state index in [0.717, 1.165) is 32.1 Å². The number of carbonyl (C=O) groups is 4. The minimum absolute atomic E-state index is 0.0652. The van der Waals surface area contributed by atoms with E-state index in [-0.39, 0.29) is 23.7 Å². The number of carbonyl (C=O) groups excluding carboxylic acids is 3. The van der Waals surface area contributed by atoms with Crippen molar-refractivity contribution in [2.45, 2.75) is 51.5 Å². The number of hydrogen-bond donors (Lipinski definition) is 1. The number of nitrogens with zero attached hydrogens (tertiary/aromatic N) is 1. The first kappa shape index (κ1) is 21.7. The molecule has 1 aromatic carbocycles. The van der Waals surface area contributed by atoms with Gasteiger partial charge in [-0.05, 0) is 43.2 Å². The predicted octanol–water partition coefficient (Wildman–Crippen LogP) is 4.21. The molecule has 0 amide bonds. The summed E-state index contributed by atoms with van der Waals surface area (Å²) in [6.45, 7) is 3.63. The van der Waals surface area contributed by atoms with Crippen LogP contribution in [0.1, 0.15) is 55.3 Å². The zero-order chi connectivity index (χ0) is 21.7. The smallest absolute Gasteiger partial charge is 0.377 e. The first-order valence-corrected chi connectivity index (χ1v) is 10.4. The molecule has 2 atom stereocenters. The van der Waals surface area contributed by atoms with Crippen LogP contribution in [0.25, 0.3) is 10.9 Å². The first-order chi connectivity index (χ1) is 14.4. The Morgan fingerprint density at radius 3 is 2.40 bits per heavy atom. The SMILES string of the molecule is C=CC(=O)CCC1CCC(CCC(=O)Cn2cc(C(=O)C(=O)O)c3ccccc32)C1. The van der Waals surface area contributed by atoms with E-state index < -0.39 is 11.8 Å². The lowest BCUT2D eigenvalue weighted by atomic mass is 9.95. The molecule has 1 heterocycles. The van der Waals surface area contributed by atoms with E-state index in [1.165, 1.54) is 12.3 Å². The maximum atomic E-state index is 12.6. The molecule has 1 N–H and O–H groups in total. The lowest BCUT2D eigenvalue weighted by Crippen LogP contribution is -2.13. The Hall–Kier alpha value is -3.02. The van der Waals surface area contributed by atoms with Gasteiger partial charge in [0.15, 0.2) is 11.6 Å². The molecule has 30 heavy (non-hydrogen) atoms. The number of Topliss-reactive ketones (excluding diaryl/α,β-unsaturated/α-hetero) is 2. The van der Waals surface area contributed by atoms with Crippen molar-refractivity contribution in [1.82, 2.24) is 4.57 Å². The second-order valence-corrected chi connectivity index (χ2v) is 8.15. The van der Waals surface area contributed by atoms with Crippen molar-refractivity contribution in [3.8, 4) is 0 Å². The summed E-state index contributed by atoms with van der Waals surface area (Å²) in [6.07, 6.45) is 8.83. The molecule has 6 nitrogen and oxygen atoms in total. The van der Waals surface area contributed by atoms with Gasteiger partial charge >= 0.3 is 5.97 Å². The maximum Gasteiger partial charge on any atom is 0.377 e. The molecule has 0 aliphatic heterocycles. The minimum atomic E-state index is -1.50. The highest BCUT2D eigenvalue weighted by atomic mass is 16.4. The van der Waals surface area contributed by atoms with Gasteiger partial charge in [0, 0.05) is 29.9 Å². The Labute approximate surface area is 175 Å². The van der Waals surface area contributed by atoms with Crippen molar-refractivity contribution in [3.63, 3.8) is 0 Å². The Kier molecular flexibility index (Phi) is 6.98. The number of aromatic nitrogens is 1. The number of aliphatic carboxylic acids is 1. The number of benzene rings is 1. The van der Waals surface area contributed by atoms with Crippen LogP contribution in [0.2, 0.25) is 0 Å². The number of carboxylic acids is 1. The Morgan fingerprint density at radius 1 is 1.07 bits per heavy atom. The van der Waals surface area contributed by atoms with Crippen molar-refractivity contribution in [3.05, 3.63) is 48.7 Å². The summed E-state index contributed by atoms with van der Waals surface area (Å²) < 4.78 is 1.67. The first-order valence-electron chi connectivity index (χ1n) is 10.4. The third-order valence-electron chi connectivity index (χ3n) is 6.08. The molecular formula is C24H27NO5. The molecule has 6 heteroatoms. The second-order valence-electron chi connectivity index (χ2n) is 8.15. The lowest BCUT2D eigenvalue weighted by molar-refractivity contribution is -0.131. The average molecular weight is 409 g/mol. The minimum Gasteiger partial charge on any atom is -0.475 e. The highest BCUT2D eigenvalue weighted by Gasteiger charge is 2.25. The van der Waals surface area contributed by atoms with Crippen molar-refractivity contribution in [2.75, 3.05) is 0 Å². The standard InChI is InChI=1S/C24H27NO5/c1-2-18(26)11-9-16-7-8-17(13-16)10-12-19(27)14-25-15-21(23(28)24(29)30)20-5-3-4-6-22(20)25/h2-6,15-17H,1,7-14H2,(H,29,30). The van der Waals surface area contributed by atoms with Crippen LogP contribution in [0, 0.1) is 11.8 Å². The number of fused-ring (bicyclic) bond motifs is 1. The molecule has 1 aliphatic carbocycles. The van der Waals surface area contributed by atoms with Crippen LogP contribution in [0.5, 0.6) is 0 Å². The number of rotatable bonds is 11. The van der Waals surface area contributed by atoms with Crippen molar-refractivity contribution in [1.29, 1.82) is 0 Å². The second kappa shape index (κ2) is 9.65. The fourth-order valence-corrected chi connectivity index (χ4v) is 4.46. The van der Waals surface area contributed by atoms with Gasteiger partial charge in [-0.3, -0.25) is 14.4 Å². The van der Waals surface area contributed by atoms with Gasteiger partial charge in [-0.1, -0.05) is 37.6 Å². The fraction of sp³-hybridized carbons (Fsp3) is 0.417. The van der Waals surface area contributed by atoms with E-state index >= 15 is 0 Å². The van der Waals surface area contributed by atoms with Crippen LogP contribution in [0.15, 0.2) is 43.1 Å². The normalized spacial score (nSPS) is 18.4. The Balaban J connectivity index is 1.56. The summed E-state index contributed by atoms with van der Waals surface area (Å²) >= 11 is 0. The molecule has 3 rings (SSSR count). The van der Waals surface area contributed by atoms with Gasteiger partial charge in [0.2, 0.25) is 0 Å². The van der Waals surface area contributed by atoms with Gasteiger partial charge in [0.25, 0.3) is 5.78 Å². The maximum absolute atomic E-state index is 12.6. The molecule has 0 radical (unpaired) electrons. The third kappa shape index (κ3) is 5.12. The molecule has 1 aliphatic rings. The predicted molar refractivity (Wildman–Crippen MR) is 113 cm³/mol. The van der Waals surface area contributed by atoms with Crippen molar-refractivity contribution in [2.24, 2.45) is 11.8 Å². The third-order valence-corrected chi connectivity index (χ3v) is 6.08. The zero-order valence-electron chi connectivity index (χ0n) is 17.0. The van der Waals surface area contributed by atoms with Gasteiger partial charge in [-0.15, -0.1) is 0 Å².